The molecule has 3 heteroatoms. The molecule has 3 nitrogen and oxygen atoms in total. The van der Waals surface area contributed by atoms with Gasteiger partial charge in [0, 0.05) is 12.1 Å². The maximum atomic E-state index is 11.9. The molecular weight excluding hydrogens is 226 g/mol. The third-order valence-electron chi connectivity index (χ3n) is 4.14. The van der Waals surface area contributed by atoms with Gasteiger partial charge >= 0.3 is 5.97 Å². The summed E-state index contributed by atoms with van der Waals surface area (Å²) < 4.78 is 5.44. The van der Waals surface area contributed by atoms with E-state index in [2.05, 4.69) is 4.90 Å². The van der Waals surface area contributed by atoms with Crippen LogP contribution < -0.4 is 0 Å². The predicted octanol–water partition coefficient (Wildman–Crippen LogP) is 2.47. The van der Waals surface area contributed by atoms with Gasteiger partial charge in [0.2, 0.25) is 0 Å². The number of fused-ring (bicyclic) bond motifs is 1. The lowest BCUT2D eigenvalue weighted by Crippen LogP contribution is -2.35. The summed E-state index contributed by atoms with van der Waals surface area (Å²) >= 11 is 0. The summed E-state index contributed by atoms with van der Waals surface area (Å²) in [7, 11) is 0. The molecule has 2 atom stereocenters. The molecule has 0 saturated carbocycles. The maximum absolute atomic E-state index is 11.9. The van der Waals surface area contributed by atoms with Gasteiger partial charge in [-0.15, -0.1) is 0 Å². The molecule has 96 valence electrons. The molecule has 0 aliphatic carbocycles. The van der Waals surface area contributed by atoms with E-state index in [1.165, 1.54) is 32.2 Å². The average Bonchev–Trinajstić information content (AvgIpc) is 3.00. The van der Waals surface area contributed by atoms with Gasteiger partial charge in [-0.2, -0.15) is 0 Å². The smallest absolute Gasteiger partial charge is 0.338 e. The second-order valence-electron chi connectivity index (χ2n) is 5.23. The summed E-state index contributed by atoms with van der Waals surface area (Å²) in [6, 6.07) is 10.4. The van der Waals surface area contributed by atoms with Crippen molar-refractivity contribution in [1.82, 2.24) is 4.90 Å². The lowest BCUT2D eigenvalue weighted by molar-refractivity contribution is 0.0394. The highest BCUT2D eigenvalue weighted by Gasteiger charge is 2.36. The Morgan fingerprint density at radius 2 is 2.06 bits per heavy atom. The Labute approximate surface area is 108 Å². The SMILES string of the molecule is O=C(OC[C@H]1CC[C@H]2CCCN21)c1ccccc1. The van der Waals surface area contributed by atoms with Crippen molar-refractivity contribution >= 4 is 5.97 Å². The normalized spacial score (nSPS) is 27.1. The molecule has 0 N–H and O–H groups in total. The van der Waals surface area contributed by atoms with Crippen molar-refractivity contribution in [3.05, 3.63) is 35.9 Å². The molecule has 2 fully saturated rings. The van der Waals surface area contributed by atoms with E-state index in [1.54, 1.807) is 12.1 Å². The Kier molecular flexibility index (Phi) is 3.33. The summed E-state index contributed by atoms with van der Waals surface area (Å²) in [5.41, 5.74) is 0.647. The summed E-state index contributed by atoms with van der Waals surface area (Å²) in [6.07, 6.45) is 5.07. The Bertz CT molecular complexity index is 418. The lowest BCUT2D eigenvalue weighted by atomic mass is 10.1. The second-order valence-corrected chi connectivity index (χ2v) is 5.23. The minimum absolute atomic E-state index is 0.196. The van der Waals surface area contributed by atoms with Gasteiger partial charge in [-0.05, 0) is 44.4 Å². The number of carbonyl (C=O) groups excluding carboxylic acids is 1. The number of esters is 1. The van der Waals surface area contributed by atoms with Crippen LogP contribution in [0.25, 0.3) is 0 Å². The first kappa shape index (κ1) is 11.7. The standard InChI is InChI=1S/C15H19NO2/c17-15(12-5-2-1-3-6-12)18-11-14-9-8-13-7-4-10-16(13)14/h1-3,5-6,13-14H,4,7-11H2/t13-,14-/m1/s1. The zero-order valence-electron chi connectivity index (χ0n) is 10.5. The first-order chi connectivity index (χ1) is 8.84. The number of hydrogen-bond acceptors (Lipinski definition) is 3. The topological polar surface area (TPSA) is 29.5 Å². The van der Waals surface area contributed by atoms with Crippen LogP contribution in [-0.2, 0) is 4.74 Å². The van der Waals surface area contributed by atoms with E-state index < -0.39 is 0 Å². The first-order valence-corrected chi connectivity index (χ1v) is 6.82. The van der Waals surface area contributed by atoms with Crippen molar-refractivity contribution in [3.63, 3.8) is 0 Å². The van der Waals surface area contributed by atoms with Crippen LogP contribution in [0, 0.1) is 0 Å². The monoisotopic (exact) mass is 245 g/mol. The summed E-state index contributed by atoms with van der Waals surface area (Å²) in [5.74, 6) is -0.196. The molecule has 0 radical (unpaired) electrons. The molecule has 1 aromatic carbocycles. The number of benzene rings is 1. The van der Waals surface area contributed by atoms with Crippen LogP contribution in [0.15, 0.2) is 30.3 Å². The molecule has 1 aromatic rings. The van der Waals surface area contributed by atoms with Gasteiger partial charge in [0.1, 0.15) is 6.61 Å². The molecule has 18 heavy (non-hydrogen) atoms. The molecule has 0 amide bonds. The summed E-state index contributed by atoms with van der Waals surface area (Å²) in [5, 5.41) is 0. The van der Waals surface area contributed by atoms with Gasteiger partial charge in [-0.1, -0.05) is 18.2 Å². The Balaban J connectivity index is 1.54. The van der Waals surface area contributed by atoms with Crippen LogP contribution in [0.5, 0.6) is 0 Å². The quantitative estimate of drug-likeness (QED) is 0.766. The summed E-state index contributed by atoms with van der Waals surface area (Å²) in [6.45, 7) is 1.72. The van der Waals surface area contributed by atoms with Crippen molar-refractivity contribution in [3.8, 4) is 0 Å². The van der Waals surface area contributed by atoms with Crippen LogP contribution in [-0.4, -0.2) is 36.1 Å². The Morgan fingerprint density at radius 1 is 1.22 bits per heavy atom. The van der Waals surface area contributed by atoms with Crippen LogP contribution in [0.2, 0.25) is 0 Å². The molecule has 0 unspecified atom stereocenters. The number of carbonyl (C=O) groups is 1. The van der Waals surface area contributed by atoms with Gasteiger partial charge in [0.05, 0.1) is 5.56 Å². The minimum atomic E-state index is -0.196. The largest absolute Gasteiger partial charge is 0.460 e. The van der Waals surface area contributed by atoms with E-state index in [4.69, 9.17) is 4.74 Å². The van der Waals surface area contributed by atoms with E-state index in [-0.39, 0.29) is 5.97 Å². The number of rotatable bonds is 3. The van der Waals surface area contributed by atoms with Crippen LogP contribution >= 0.6 is 0 Å². The molecule has 0 bridgehead atoms. The van der Waals surface area contributed by atoms with Gasteiger partial charge < -0.3 is 4.74 Å². The fourth-order valence-corrected chi connectivity index (χ4v) is 3.21. The third kappa shape index (κ3) is 2.27. The second kappa shape index (κ2) is 5.11. The molecule has 2 aliphatic rings. The third-order valence-corrected chi connectivity index (χ3v) is 4.14. The van der Waals surface area contributed by atoms with Crippen molar-refractivity contribution in [2.75, 3.05) is 13.2 Å². The highest BCUT2D eigenvalue weighted by molar-refractivity contribution is 5.89. The Hall–Kier alpha value is -1.35. The van der Waals surface area contributed by atoms with Crippen LogP contribution in [0.3, 0.4) is 0 Å². The van der Waals surface area contributed by atoms with Gasteiger partial charge in [0.15, 0.2) is 0 Å². The first-order valence-electron chi connectivity index (χ1n) is 6.82. The molecule has 2 heterocycles. The van der Waals surface area contributed by atoms with E-state index >= 15 is 0 Å². The van der Waals surface area contributed by atoms with Crippen molar-refractivity contribution in [2.45, 2.75) is 37.8 Å². The Morgan fingerprint density at radius 3 is 2.89 bits per heavy atom. The van der Waals surface area contributed by atoms with Crippen molar-refractivity contribution < 1.29 is 9.53 Å². The van der Waals surface area contributed by atoms with Gasteiger partial charge in [-0.3, -0.25) is 4.90 Å². The number of ether oxygens (including phenoxy) is 1. The van der Waals surface area contributed by atoms with E-state index in [1.807, 2.05) is 18.2 Å². The number of hydrogen-bond donors (Lipinski definition) is 0. The van der Waals surface area contributed by atoms with Gasteiger partial charge in [-0.25, -0.2) is 4.79 Å². The van der Waals surface area contributed by atoms with E-state index in [0.29, 0.717) is 18.2 Å². The van der Waals surface area contributed by atoms with Gasteiger partial charge in [0.25, 0.3) is 0 Å². The maximum Gasteiger partial charge on any atom is 0.338 e. The molecule has 2 aliphatic heterocycles. The molecular formula is C15H19NO2. The molecule has 0 spiro atoms. The fourth-order valence-electron chi connectivity index (χ4n) is 3.21. The highest BCUT2D eigenvalue weighted by Crippen LogP contribution is 2.32. The average molecular weight is 245 g/mol. The van der Waals surface area contributed by atoms with E-state index in [0.717, 1.165) is 6.04 Å². The molecule has 3 rings (SSSR count). The highest BCUT2D eigenvalue weighted by atomic mass is 16.5. The minimum Gasteiger partial charge on any atom is -0.460 e. The zero-order valence-corrected chi connectivity index (χ0v) is 10.5. The van der Waals surface area contributed by atoms with Crippen LogP contribution in [0.4, 0.5) is 0 Å². The van der Waals surface area contributed by atoms with E-state index in [9.17, 15) is 4.79 Å². The predicted molar refractivity (Wildman–Crippen MR) is 69.5 cm³/mol. The number of nitrogens with zero attached hydrogens (tertiary/aromatic N) is 1. The van der Waals surface area contributed by atoms with Crippen LogP contribution in [0.1, 0.15) is 36.0 Å². The van der Waals surface area contributed by atoms with Crippen molar-refractivity contribution in [2.24, 2.45) is 0 Å². The summed E-state index contributed by atoms with van der Waals surface area (Å²) in [4.78, 5) is 14.4. The molecule has 2 saturated heterocycles. The lowest BCUT2D eigenvalue weighted by Gasteiger charge is -2.23. The van der Waals surface area contributed by atoms with Crippen molar-refractivity contribution in [1.29, 1.82) is 0 Å². The zero-order chi connectivity index (χ0) is 12.4. The molecule has 0 aromatic heterocycles. The fraction of sp³-hybridized carbons (Fsp3) is 0.533.